The molecule has 5 aromatic rings. The van der Waals surface area contributed by atoms with Crippen molar-refractivity contribution in [2.24, 2.45) is 4.99 Å². The number of ether oxygens (including phenoxy) is 2. The van der Waals surface area contributed by atoms with Crippen LogP contribution in [0.25, 0.3) is 22.5 Å². The van der Waals surface area contributed by atoms with Crippen LogP contribution in [0, 0.1) is 0 Å². The van der Waals surface area contributed by atoms with Gasteiger partial charge in [-0.2, -0.15) is 0 Å². The molecule has 6 heteroatoms. The zero-order valence-electron chi connectivity index (χ0n) is 21.7. The number of aryl methyl sites for hydroxylation is 1. The van der Waals surface area contributed by atoms with Crippen molar-refractivity contribution in [3.05, 3.63) is 132 Å². The van der Waals surface area contributed by atoms with Gasteiger partial charge in [0.15, 0.2) is 4.80 Å². The first-order valence-electron chi connectivity index (χ1n) is 13.0. The molecule has 1 aliphatic heterocycles. The van der Waals surface area contributed by atoms with Gasteiger partial charge in [-0.25, -0.2) is 4.99 Å². The zero-order valence-corrected chi connectivity index (χ0v) is 22.5. The standard InChI is InChI=1S/C33H26N2O3S/c1-37-23-11-7-10-22(18-23)31-26-16-14-21-9-4-6-13-25(21)30(26)34-33-35(31)32(36)29(39-33)19-27-24-12-5-3-8-20(24)15-17-28(27)38-2/h3-13,15,17-19,31H,14,16H2,1-2H3/b29-19-/t31-/m1/s1. The van der Waals surface area contributed by atoms with Crippen LogP contribution in [0.1, 0.15) is 34.7 Å². The van der Waals surface area contributed by atoms with Crippen LogP contribution in [-0.4, -0.2) is 18.8 Å². The zero-order chi connectivity index (χ0) is 26.5. The molecular weight excluding hydrogens is 504 g/mol. The molecule has 0 spiro atoms. The van der Waals surface area contributed by atoms with Crippen LogP contribution in [0.15, 0.2) is 100 Å². The van der Waals surface area contributed by atoms with Crippen molar-refractivity contribution in [3.8, 4) is 11.5 Å². The maximum atomic E-state index is 14.2. The second-order valence-electron chi connectivity index (χ2n) is 9.79. The molecular formula is C33H26N2O3S. The Morgan fingerprint density at radius 1 is 0.923 bits per heavy atom. The fourth-order valence-corrected chi connectivity index (χ4v) is 6.85. The molecule has 0 radical (unpaired) electrons. The highest BCUT2D eigenvalue weighted by Crippen LogP contribution is 2.41. The van der Waals surface area contributed by atoms with E-state index in [0.717, 1.165) is 57.5 Å². The van der Waals surface area contributed by atoms with Crippen molar-refractivity contribution in [3.63, 3.8) is 0 Å². The van der Waals surface area contributed by atoms with E-state index < -0.39 is 0 Å². The summed E-state index contributed by atoms with van der Waals surface area (Å²) in [6.45, 7) is 0. The fourth-order valence-electron chi connectivity index (χ4n) is 5.87. The van der Waals surface area contributed by atoms with Gasteiger partial charge in [0, 0.05) is 11.1 Å². The first kappa shape index (κ1) is 23.7. The lowest BCUT2D eigenvalue weighted by molar-refractivity contribution is 0.413. The van der Waals surface area contributed by atoms with Gasteiger partial charge in [-0.05, 0) is 64.6 Å². The molecule has 5 nitrogen and oxygen atoms in total. The lowest BCUT2D eigenvalue weighted by Crippen LogP contribution is -2.38. The highest BCUT2D eigenvalue weighted by atomic mass is 32.1. The smallest absolute Gasteiger partial charge is 0.271 e. The van der Waals surface area contributed by atoms with Gasteiger partial charge >= 0.3 is 0 Å². The van der Waals surface area contributed by atoms with Gasteiger partial charge in [0.1, 0.15) is 11.5 Å². The number of benzene rings is 4. The number of hydrogen-bond donors (Lipinski definition) is 0. The van der Waals surface area contributed by atoms with Crippen LogP contribution in [0.4, 0.5) is 0 Å². The number of nitrogens with zero attached hydrogens (tertiary/aromatic N) is 2. The van der Waals surface area contributed by atoms with E-state index in [4.69, 9.17) is 14.5 Å². The minimum Gasteiger partial charge on any atom is -0.497 e. The second kappa shape index (κ2) is 9.40. The Kier molecular flexibility index (Phi) is 5.71. The Bertz CT molecular complexity index is 1980. The van der Waals surface area contributed by atoms with E-state index in [1.54, 1.807) is 14.2 Å². The molecule has 0 N–H and O–H groups in total. The van der Waals surface area contributed by atoms with Crippen LogP contribution < -0.4 is 24.4 Å². The molecule has 2 heterocycles. The average Bonchev–Trinajstić information content (AvgIpc) is 3.30. The highest BCUT2D eigenvalue weighted by Gasteiger charge is 2.32. The van der Waals surface area contributed by atoms with E-state index in [1.165, 1.54) is 22.5 Å². The minimum absolute atomic E-state index is 0.0491. The van der Waals surface area contributed by atoms with Gasteiger partial charge in [-0.3, -0.25) is 9.36 Å². The summed E-state index contributed by atoms with van der Waals surface area (Å²) in [6, 6.07) is 28.4. The molecule has 0 fully saturated rings. The average molecular weight is 531 g/mol. The highest BCUT2D eigenvalue weighted by molar-refractivity contribution is 7.07. The van der Waals surface area contributed by atoms with E-state index in [0.29, 0.717) is 9.33 Å². The minimum atomic E-state index is -0.253. The normalized spacial score (nSPS) is 16.4. The summed E-state index contributed by atoms with van der Waals surface area (Å²) in [5.41, 5.74) is 6.47. The third kappa shape index (κ3) is 3.82. The van der Waals surface area contributed by atoms with Crippen LogP contribution in [0.5, 0.6) is 11.5 Å². The number of fused-ring (bicyclic) bond motifs is 4. The number of rotatable bonds is 4. The molecule has 4 aromatic carbocycles. The first-order valence-corrected chi connectivity index (χ1v) is 13.8. The van der Waals surface area contributed by atoms with Crippen molar-refractivity contribution in [1.82, 2.24) is 4.57 Å². The van der Waals surface area contributed by atoms with Gasteiger partial charge in [-0.1, -0.05) is 78.1 Å². The predicted molar refractivity (Wildman–Crippen MR) is 156 cm³/mol. The van der Waals surface area contributed by atoms with Gasteiger partial charge in [-0.15, -0.1) is 0 Å². The summed E-state index contributed by atoms with van der Waals surface area (Å²) in [4.78, 5) is 20.0. The molecule has 2 aliphatic rings. The van der Waals surface area contributed by atoms with Crippen LogP contribution in [0.3, 0.4) is 0 Å². The third-order valence-corrected chi connectivity index (χ3v) is 8.69. The van der Waals surface area contributed by atoms with E-state index in [2.05, 4.69) is 42.5 Å². The summed E-state index contributed by atoms with van der Waals surface area (Å²) < 4.78 is 13.8. The number of methoxy groups -OCH3 is 2. The molecule has 7 rings (SSSR count). The van der Waals surface area contributed by atoms with Gasteiger partial charge in [0.2, 0.25) is 0 Å². The van der Waals surface area contributed by atoms with Crippen molar-refractivity contribution < 1.29 is 9.47 Å². The topological polar surface area (TPSA) is 52.8 Å². The first-order chi connectivity index (χ1) is 19.2. The SMILES string of the molecule is COc1cccc([C@@H]2C3=C(N=c4s/c(=C\c5c(OC)ccc6ccccc56)c(=O)n42)c2ccccc2CC3)c1. The van der Waals surface area contributed by atoms with Crippen LogP contribution in [0.2, 0.25) is 0 Å². The van der Waals surface area contributed by atoms with Gasteiger partial charge < -0.3 is 9.47 Å². The Morgan fingerprint density at radius 2 is 1.77 bits per heavy atom. The Labute approximate surface area is 229 Å². The Hall–Kier alpha value is -4.42. The van der Waals surface area contributed by atoms with E-state index in [9.17, 15) is 4.79 Å². The van der Waals surface area contributed by atoms with Gasteiger partial charge in [0.05, 0.1) is 30.5 Å². The number of hydrogen-bond acceptors (Lipinski definition) is 5. The van der Waals surface area contributed by atoms with Gasteiger partial charge in [0.25, 0.3) is 5.56 Å². The predicted octanol–water partition coefficient (Wildman–Crippen LogP) is 5.49. The number of thiazole rings is 1. The summed E-state index contributed by atoms with van der Waals surface area (Å²) in [7, 11) is 3.33. The fraction of sp³-hybridized carbons (Fsp3) is 0.152. The Morgan fingerprint density at radius 3 is 2.64 bits per heavy atom. The summed E-state index contributed by atoms with van der Waals surface area (Å²) in [5.74, 6) is 1.50. The molecule has 0 amide bonds. The molecule has 1 aliphatic carbocycles. The summed E-state index contributed by atoms with van der Waals surface area (Å²) in [5, 5.41) is 2.14. The Balaban J connectivity index is 1.52. The molecule has 39 heavy (non-hydrogen) atoms. The molecule has 1 aromatic heterocycles. The summed E-state index contributed by atoms with van der Waals surface area (Å²) >= 11 is 1.43. The van der Waals surface area contributed by atoms with Crippen molar-refractivity contribution in [2.45, 2.75) is 18.9 Å². The van der Waals surface area contributed by atoms with E-state index >= 15 is 0 Å². The lowest BCUT2D eigenvalue weighted by Gasteiger charge is -2.31. The second-order valence-corrected chi connectivity index (χ2v) is 10.8. The lowest BCUT2D eigenvalue weighted by atomic mass is 9.83. The van der Waals surface area contributed by atoms with Crippen molar-refractivity contribution in [2.75, 3.05) is 14.2 Å². The monoisotopic (exact) mass is 530 g/mol. The van der Waals surface area contributed by atoms with E-state index in [-0.39, 0.29) is 11.6 Å². The van der Waals surface area contributed by atoms with Crippen molar-refractivity contribution >= 4 is 33.9 Å². The maximum absolute atomic E-state index is 14.2. The van der Waals surface area contributed by atoms with Crippen LogP contribution in [-0.2, 0) is 6.42 Å². The molecule has 192 valence electrons. The van der Waals surface area contributed by atoms with Crippen molar-refractivity contribution in [1.29, 1.82) is 0 Å². The molecule has 0 bridgehead atoms. The molecule has 0 saturated carbocycles. The van der Waals surface area contributed by atoms with E-state index in [1.807, 2.05) is 53.1 Å². The molecule has 0 unspecified atom stereocenters. The molecule has 0 saturated heterocycles. The number of aromatic nitrogens is 1. The van der Waals surface area contributed by atoms with Crippen LogP contribution >= 0.6 is 11.3 Å². The quantitative estimate of drug-likeness (QED) is 0.309. The molecule has 1 atom stereocenters. The summed E-state index contributed by atoms with van der Waals surface area (Å²) in [6.07, 6.45) is 3.73. The third-order valence-electron chi connectivity index (χ3n) is 7.71. The largest absolute Gasteiger partial charge is 0.497 e. The maximum Gasteiger partial charge on any atom is 0.271 e. The number of allylic oxidation sites excluding steroid dienone is 1.